The fourth-order valence-electron chi connectivity index (χ4n) is 9.25. The van der Waals surface area contributed by atoms with Gasteiger partial charge in [0.1, 0.15) is 11.6 Å². The van der Waals surface area contributed by atoms with Gasteiger partial charge in [0.25, 0.3) is 0 Å². The van der Waals surface area contributed by atoms with Crippen molar-refractivity contribution in [1.29, 1.82) is 0 Å². The molecule has 0 atom stereocenters. The number of aromatic nitrogens is 3. The fourth-order valence-corrected chi connectivity index (χ4v) is 9.25. The molecule has 1 N–H and O–H groups in total. The van der Waals surface area contributed by atoms with E-state index in [1.165, 1.54) is 0 Å². The Labute approximate surface area is 445 Å². The average molecular weight is 944 g/mol. The Bertz CT molecular complexity index is 4170. The molecule has 2 heterocycles. The lowest BCUT2D eigenvalue weighted by molar-refractivity contribution is 0.446. The molecule has 0 bridgehead atoms. The van der Waals surface area contributed by atoms with E-state index in [0.717, 1.165) is 45.0 Å². The highest BCUT2D eigenvalue weighted by Gasteiger charge is 2.30. The monoisotopic (exact) mass is 944 g/mol. The number of rotatable bonds is 10. The van der Waals surface area contributed by atoms with E-state index in [0.29, 0.717) is 51.7 Å². The number of nitrogens with zero attached hydrogens (tertiary/aromatic N) is 3. The van der Waals surface area contributed by atoms with E-state index in [2.05, 4.69) is 26.0 Å². The highest BCUT2D eigenvalue weighted by Crippen LogP contribution is 2.46. The lowest BCUT2D eigenvalue weighted by atomic mass is 9.78. The maximum Gasteiger partial charge on any atom is 0.149 e. The van der Waals surface area contributed by atoms with E-state index in [-0.39, 0.29) is 11.0 Å². The van der Waals surface area contributed by atoms with Gasteiger partial charge in [-0.05, 0) is 133 Å². The molecule has 4 heteroatoms. The van der Waals surface area contributed by atoms with Gasteiger partial charge in [0.05, 0.1) is 28.0 Å². The Kier molecular flexibility index (Phi) is 7.82. The Morgan fingerprint density at radius 1 is 0.479 bits per heavy atom. The molecule has 8 aromatic carbocycles. The van der Waals surface area contributed by atoms with Gasteiger partial charge in [-0.25, -0.2) is 4.98 Å². The first-order chi connectivity index (χ1) is 41.6. The predicted molar refractivity (Wildman–Crippen MR) is 299 cm³/mol. The topological polar surface area (TPSA) is 50.9 Å². The van der Waals surface area contributed by atoms with Crippen molar-refractivity contribution in [2.45, 2.75) is 84.5 Å². The summed E-state index contributed by atoms with van der Waals surface area (Å²) in [5.41, 5.74) is -1.33. The summed E-state index contributed by atoms with van der Waals surface area (Å²) < 4.78 is 161. The summed E-state index contributed by atoms with van der Waals surface area (Å²) in [6, 6.07) is 58.7. The molecule has 10 rings (SSSR count). The van der Waals surface area contributed by atoms with Gasteiger partial charge in [-0.2, -0.15) is 0 Å². The van der Waals surface area contributed by atoms with E-state index < -0.39 is 85.6 Å². The number of aromatic hydroxyl groups is 1. The van der Waals surface area contributed by atoms with Gasteiger partial charge in [0.2, 0.25) is 0 Å². The maximum atomic E-state index is 13.2. The van der Waals surface area contributed by atoms with E-state index in [1.54, 1.807) is 35.0 Å². The predicted octanol–water partition coefficient (Wildman–Crippen LogP) is 18.1. The molecule has 0 spiro atoms. The standard InChI is InChI=1S/C67H63N3O/c1-10-67(8,9)53-33-34-60(56(41-53)48-25-18-13-19-26-48)70-61-28-20-27-55(62(61)69-64(70)57-42-54(65(2,3)4)43-58(63(57)71)66(5,6)7)51-37-50(45-23-16-12-17-24-45)38-52(39-51)59-40-49(35-36-68-59)47-31-29-46(30-32-47)44-21-14-11-15-22-44/h11-43,71H,10H2,1-9H3/i2D3,3D3,4D3,5D3,6D3,7D3. The zero-order chi connectivity index (χ0) is 64.7. The minimum absolute atomic E-state index is 0.171. The number of benzene rings is 8. The number of pyridine rings is 1. The quantitative estimate of drug-likeness (QED) is 0.149. The van der Waals surface area contributed by atoms with Crippen LogP contribution in [0.25, 0.3) is 95.0 Å². The molecule has 71 heavy (non-hydrogen) atoms. The number of fused-ring (bicyclic) bond motifs is 1. The van der Waals surface area contributed by atoms with Crippen LogP contribution in [0.1, 0.15) is 110 Å². The Morgan fingerprint density at radius 3 is 1.70 bits per heavy atom. The third-order valence-electron chi connectivity index (χ3n) is 13.6. The Hall–Kier alpha value is -7.82. The van der Waals surface area contributed by atoms with E-state index in [4.69, 9.17) is 34.6 Å². The summed E-state index contributed by atoms with van der Waals surface area (Å²) in [4.78, 5) is 10.1. The summed E-state index contributed by atoms with van der Waals surface area (Å²) in [5, 5.41) is 13.2. The summed E-state index contributed by atoms with van der Waals surface area (Å²) in [6.07, 6.45) is 2.43. The van der Waals surface area contributed by atoms with Crippen LogP contribution in [0.2, 0.25) is 0 Å². The van der Waals surface area contributed by atoms with Crippen LogP contribution in [0.4, 0.5) is 0 Å². The molecule has 0 aliphatic carbocycles. The molecule has 0 fully saturated rings. The fraction of sp³-hybridized carbons (Fsp3) is 0.194. The lowest BCUT2D eigenvalue weighted by Gasteiger charge is -2.28. The second-order valence-corrected chi connectivity index (χ2v) is 18.7. The van der Waals surface area contributed by atoms with Gasteiger partial charge in [-0.3, -0.25) is 9.55 Å². The summed E-state index contributed by atoms with van der Waals surface area (Å²) in [6.45, 7) is -18.4. The van der Waals surface area contributed by atoms with E-state index in [1.807, 2.05) is 153 Å². The van der Waals surface area contributed by atoms with Gasteiger partial charge >= 0.3 is 0 Å². The van der Waals surface area contributed by atoms with Gasteiger partial charge in [0, 0.05) is 53.1 Å². The highest BCUT2D eigenvalue weighted by atomic mass is 16.3. The van der Waals surface area contributed by atoms with Gasteiger partial charge in [0.15, 0.2) is 0 Å². The van der Waals surface area contributed by atoms with Crippen molar-refractivity contribution in [2.75, 3.05) is 0 Å². The number of hydrogen-bond donors (Lipinski definition) is 1. The Balaban J connectivity index is 1.36. The first-order valence-electron chi connectivity index (χ1n) is 32.5. The third-order valence-corrected chi connectivity index (χ3v) is 13.6. The zero-order valence-electron chi connectivity index (χ0n) is 57.5. The van der Waals surface area contributed by atoms with Crippen LogP contribution in [-0.4, -0.2) is 19.6 Å². The third kappa shape index (κ3) is 9.23. The minimum Gasteiger partial charge on any atom is -0.507 e. The van der Waals surface area contributed by atoms with Crippen LogP contribution in [-0.2, 0) is 16.2 Å². The number of phenolic OH excluding ortho intramolecular Hbond substituents is 1. The molecule has 4 nitrogen and oxygen atoms in total. The van der Waals surface area contributed by atoms with Crippen LogP contribution < -0.4 is 0 Å². The SMILES string of the molecule is [2H]C([2H])([2H])C(c1cc(-c2nc3c(-c4cc(-c5ccccc5)cc(-c5cc(-c6ccc(-c7ccccc7)cc6)ccn5)c4)cccc3n2-c2ccc(C(C)(C)CC)cc2-c2ccccc2)c(O)c(C(C([2H])([2H])[2H])(C([2H])([2H])[2H])C([2H])([2H])[2H])c1)(C([2H])([2H])[2H])C([2H])([2H])[2H]. The zero-order valence-corrected chi connectivity index (χ0v) is 39.5. The summed E-state index contributed by atoms with van der Waals surface area (Å²) in [7, 11) is 0. The van der Waals surface area contributed by atoms with Crippen LogP contribution in [0.15, 0.2) is 200 Å². The molecule has 352 valence electrons. The van der Waals surface area contributed by atoms with Crippen LogP contribution in [0, 0.1) is 0 Å². The van der Waals surface area contributed by atoms with Crippen molar-refractivity contribution in [3.8, 4) is 89.7 Å². The number of imidazole rings is 1. The maximum absolute atomic E-state index is 13.2. The molecule has 10 aromatic rings. The molecule has 0 aliphatic rings. The molecule has 2 aromatic heterocycles. The van der Waals surface area contributed by atoms with Crippen molar-refractivity contribution in [2.24, 2.45) is 0 Å². The van der Waals surface area contributed by atoms with Crippen molar-refractivity contribution >= 4 is 11.0 Å². The summed E-state index contributed by atoms with van der Waals surface area (Å²) in [5.74, 6) is -1.77. The van der Waals surface area contributed by atoms with Crippen molar-refractivity contribution in [1.82, 2.24) is 14.5 Å². The van der Waals surface area contributed by atoms with Crippen molar-refractivity contribution in [3.63, 3.8) is 0 Å². The second kappa shape index (κ2) is 18.5. The molecular weight excluding hydrogens is 863 g/mol. The molecule has 0 unspecified atom stereocenters. The highest BCUT2D eigenvalue weighted by molar-refractivity contribution is 5.98. The largest absolute Gasteiger partial charge is 0.507 e. The van der Waals surface area contributed by atoms with Crippen LogP contribution >= 0.6 is 0 Å². The van der Waals surface area contributed by atoms with E-state index >= 15 is 0 Å². The molecule has 0 radical (unpaired) electrons. The van der Waals surface area contributed by atoms with Crippen molar-refractivity contribution in [3.05, 3.63) is 217 Å². The van der Waals surface area contributed by atoms with Crippen LogP contribution in [0.5, 0.6) is 5.75 Å². The smallest absolute Gasteiger partial charge is 0.149 e. The van der Waals surface area contributed by atoms with Gasteiger partial charge in [-0.1, -0.05) is 201 Å². The second-order valence-electron chi connectivity index (χ2n) is 18.7. The molecule has 0 aliphatic heterocycles. The van der Waals surface area contributed by atoms with Crippen molar-refractivity contribution < 1.29 is 29.8 Å². The number of phenols is 1. The molecule has 0 saturated heterocycles. The Morgan fingerprint density at radius 2 is 1.06 bits per heavy atom. The first-order valence-corrected chi connectivity index (χ1v) is 23.5. The lowest BCUT2D eigenvalue weighted by Crippen LogP contribution is -2.17. The molecule has 0 saturated carbocycles. The van der Waals surface area contributed by atoms with Gasteiger partial charge in [-0.15, -0.1) is 0 Å². The van der Waals surface area contributed by atoms with E-state index in [9.17, 15) is 5.11 Å². The molecule has 0 amide bonds. The van der Waals surface area contributed by atoms with Crippen LogP contribution in [0.3, 0.4) is 0 Å². The first kappa shape index (κ1) is 30.0. The average Bonchev–Trinajstić information content (AvgIpc) is 1.10. The molecular formula is C67H63N3O. The number of hydrogen-bond acceptors (Lipinski definition) is 3. The number of para-hydroxylation sites is 1. The minimum atomic E-state index is -4.15. The van der Waals surface area contributed by atoms with Gasteiger partial charge < -0.3 is 5.11 Å². The normalized spacial score (nSPS) is 16.9. The summed E-state index contributed by atoms with van der Waals surface area (Å²) >= 11 is 0.